The summed E-state index contributed by atoms with van der Waals surface area (Å²) in [4.78, 5) is 15.2. The molecule has 0 aromatic carbocycles. The van der Waals surface area contributed by atoms with Crippen molar-refractivity contribution < 1.29 is 13.6 Å². The number of nitrogens with zero attached hydrogens (tertiary/aromatic N) is 1. The van der Waals surface area contributed by atoms with E-state index in [1.807, 2.05) is 0 Å². The fourth-order valence-corrected chi connectivity index (χ4v) is 1.47. The van der Waals surface area contributed by atoms with Crippen molar-refractivity contribution in [2.24, 2.45) is 11.8 Å². The number of nitrogens with one attached hydrogen (secondary N) is 1. The van der Waals surface area contributed by atoms with Crippen LogP contribution in [0.3, 0.4) is 0 Å². The Morgan fingerprint density at radius 2 is 2.40 bits per heavy atom. The summed E-state index contributed by atoms with van der Waals surface area (Å²) < 4.78 is 24.4. The molecule has 3 nitrogen and oxygen atoms in total. The van der Waals surface area contributed by atoms with Gasteiger partial charge in [-0.05, 0) is 18.6 Å². The zero-order valence-electron chi connectivity index (χ0n) is 7.86. The van der Waals surface area contributed by atoms with E-state index in [9.17, 15) is 13.6 Å². The van der Waals surface area contributed by atoms with E-state index in [0.29, 0.717) is 5.69 Å². The summed E-state index contributed by atoms with van der Waals surface area (Å²) in [5, 5.41) is 2.55. The average molecular weight is 212 g/mol. The van der Waals surface area contributed by atoms with E-state index in [0.717, 1.165) is 0 Å². The predicted molar refractivity (Wildman–Crippen MR) is 50.5 cm³/mol. The number of hydrogen-bond donors (Lipinski definition) is 1. The third kappa shape index (κ3) is 2.29. The topological polar surface area (TPSA) is 42.0 Å². The molecule has 15 heavy (non-hydrogen) atoms. The van der Waals surface area contributed by atoms with Gasteiger partial charge in [-0.3, -0.25) is 9.78 Å². The van der Waals surface area contributed by atoms with Gasteiger partial charge in [0.1, 0.15) is 0 Å². The number of halogens is 2. The van der Waals surface area contributed by atoms with Crippen LogP contribution < -0.4 is 5.32 Å². The first-order chi connectivity index (χ1) is 7.18. The van der Waals surface area contributed by atoms with Crippen LogP contribution in [-0.2, 0) is 4.79 Å². The lowest BCUT2D eigenvalue weighted by Gasteiger charge is -2.03. The number of alkyl halides is 2. The second kappa shape index (κ2) is 3.92. The Labute approximate surface area is 85.5 Å². The molecule has 1 amide bonds. The molecule has 1 aliphatic carbocycles. The van der Waals surface area contributed by atoms with Crippen molar-refractivity contribution in [1.29, 1.82) is 0 Å². The summed E-state index contributed by atoms with van der Waals surface area (Å²) in [6, 6.07) is 3.35. The molecule has 1 aromatic rings. The average Bonchev–Trinajstić information content (AvgIpc) is 2.98. The number of carbonyl (C=O) groups is 1. The molecule has 1 saturated carbocycles. The number of pyridine rings is 1. The molecule has 0 aliphatic heterocycles. The quantitative estimate of drug-likeness (QED) is 0.831. The Kier molecular flexibility index (Phi) is 2.62. The monoisotopic (exact) mass is 212 g/mol. The van der Waals surface area contributed by atoms with E-state index in [1.54, 1.807) is 18.3 Å². The second-order valence-corrected chi connectivity index (χ2v) is 3.57. The third-order valence-electron chi connectivity index (χ3n) is 2.43. The van der Waals surface area contributed by atoms with Gasteiger partial charge in [0.25, 0.3) is 0 Å². The van der Waals surface area contributed by atoms with E-state index >= 15 is 0 Å². The highest BCUT2D eigenvalue weighted by Crippen LogP contribution is 2.43. The maximum absolute atomic E-state index is 12.2. The molecule has 1 fully saturated rings. The van der Waals surface area contributed by atoms with Gasteiger partial charge in [-0.25, -0.2) is 8.78 Å². The number of amides is 1. The zero-order valence-corrected chi connectivity index (χ0v) is 7.86. The summed E-state index contributed by atoms with van der Waals surface area (Å²) >= 11 is 0. The van der Waals surface area contributed by atoms with Gasteiger partial charge in [0.2, 0.25) is 12.3 Å². The lowest BCUT2D eigenvalue weighted by Crippen LogP contribution is -2.16. The van der Waals surface area contributed by atoms with Crippen molar-refractivity contribution in [2.75, 3.05) is 5.32 Å². The molecule has 1 aliphatic rings. The standard InChI is InChI=1S/C10H10F2N2O/c11-9(12)7-4-8(7)10(15)14-6-2-1-3-13-5-6/h1-3,5,7-9H,4H2,(H,14,15)/t7-,8-/m0/s1. The van der Waals surface area contributed by atoms with Crippen molar-refractivity contribution in [3.05, 3.63) is 24.5 Å². The lowest BCUT2D eigenvalue weighted by atomic mass is 10.3. The van der Waals surface area contributed by atoms with E-state index in [2.05, 4.69) is 10.3 Å². The molecule has 1 aromatic heterocycles. The number of hydrogen-bond acceptors (Lipinski definition) is 2. The van der Waals surface area contributed by atoms with Crippen molar-refractivity contribution in [1.82, 2.24) is 4.98 Å². The van der Waals surface area contributed by atoms with Crippen molar-refractivity contribution in [2.45, 2.75) is 12.8 Å². The highest BCUT2D eigenvalue weighted by molar-refractivity contribution is 5.94. The highest BCUT2D eigenvalue weighted by atomic mass is 19.3. The molecule has 5 heteroatoms. The number of carbonyl (C=O) groups excluding carboxylic acids is 1. The molecule has 80 valence electrons. The Balaban J connectivity index is 1.90. The molecule has 1 heterocycles. The molecule has 0 unspecified atom stereocenters. The van der Waals surface area contributed by atoms with E-state index in [1.165, 1.54) is 6.20 Å². The van der Waals surface area contributed by atoms with E-state index in [4.69, 9.17) is 0 Å². The van der Waals surface area contributed by atoms with Crippen LogP contribution >= 0.6 is 0 Å². The van der Waals surface area contributed by atoms with Crippen LogP contribution in [-0.4, -0.2) is 17.3 Å². The molecule has 2 atom stereocenters. The molecular weight excluding hydrogens is 202 g/mol. The second-order valence-electron chi connectivity index (χ2n) is 3.57. The summed E-state index contributed by atoms with van der Waals surface area (Å²) in [7, 11) is 0. The number of anilines is 1. The Morgan fingerprint density at radius 3 is 2.93 bits per heavy atom. The fourth-order valence-electron chi connectivity index (χ4n) is 1.47. The van der Waals surface area contributed by atoms with Gasteiger partial charge in [-0.15, -0.1) is 0 Å². The minimum Gasteiger partial charge on any atom is -0.324 e. The van der Waals surface area contributed by atoms with Crippen molar-refractivity contribution in [3.63, 3.8) is 0 Å². The summed E-state index contributed by atoms with van der Waals surface area (Å²) in [6.45, 7) is 0. The van der Waals surface area contributed by atoms with Crippen LogP contribution in [0.5, 0.6) is 0 Å². The summed E-state index contributed by atoms with van der Waals surface area (Å²) in [5.41, 5.74) is 0.544. The van der Waals surface area contributed by atoms with Gasteiger partial charge in [0.05, 0.1) is 11.9 Å². The molecule has 2 rings (SSSR count). The molecule has 1 N–H and O–H groups in total. The van der Waals surface area contributed by atoms with E-state index in [-0.39, 0.29) is 12.3 Å². The minimum absolute atomic E-state index is 0.282. The van der Waals surface area contributed by atoms with Crippen molar-refractivity contribution in [3.8, 4) is 0 Å². The Bertz CT molecular complexity index is 356. The minimum atomic E-state index is -2.39. The van der Waals surface area contributed by atoms with Crippen molar-refractivity contribution >= 4 is 11.6 Å². The zero-order chi connectivity index (χ0) is 10.8. The summed E-state index contributed by atoms with van der Waals surface area (Å²) in [5.74, 6) is -1.64. The highest BCUT2D eigenvalue weighted by Gasteiger charge is 2.48. The Morgan fingerprint density at radius 1 is 1.60 bits per heavy atom. The molecular formula is C10H10F2N2O. The van der Waals surface area contributed by atoms with Gasteiger partial charge in [0, 0.05) is 18.0 Å². The van der Waals surface area contributed by atoms with Gasteiger partial charge in [-0.1, -0.05) is 0 Å². The number of rotatable bonds is 3. The Hall–Kier alpha value is -1.52. The summed E-state index contributed by atoms with van der Waals surface area (Å²) in [6.07, 6.45) is 0.950. The van der Waals surface area contributed by atoms with Crippen LogP contribution in [0.1, 0.15) is 6.42 Å². The van der Waals surface area contributed by atoms with Gasteiger partial charge >= 0.3 is 0 Å². The molecule has 0 radical (unpaired) electrons. The van der Waals surface area contributed by atoms with E-state index < -0.39 is 18.3 Å². The largest absolute Gasteiger partial charge is 0.324 e. The lowest BCUT2D eigenvalue weighted by molar-refractivity contribution is -0.118. The maximum Gasteiger partial charge on any atom is 0.242 e. The van der Waals surface area contributed by atoms with Crippen LogP contribution in [0.2, 0.25) is 0 Å². The molecule has 0 saturated heterocycles. The van der Waals surface area contributed by atoms with Gasteiger partial charge in [0.15, 0.2) is 0 Å². The number of aromatic nitrogens is 1. The first-order valence-electron chi connectivity index (χ1n) is 4.67. The smallest absolute Gasteiger partial charge is 0.242 e. The van der Waals surface area contributed by atoms with Crippen LogP contribution in [0.25, 0.3) is 0 Å². The molecule has 0 bridgehead atoms. The van der Waals surface area contributed by atoms with Crippen LogP contribution in [0.4, 0.5) is 14.5 Å². The van der Waals surface area contributed by atoms with Gasteiger partial charge < -0.3 is 5.32 Å². The first-order valence-corrected chi connectivity index (χ1v) is 4.67. The first kappa shape index (κ1) is 10.0. The third-order valence-corrected chi connectivity index (χ3v) is 2.43. The molecule has 0 spiro atoms. The SMILES string of the molecule is O=C(Nc1cccnc1)[C@H]1C[C@@H]1C(F)F. The van der Waals surface area contributed by atoms with Crippen LogP contribution in [0, 0.1) is 11.8 Å². The fraction of sp³-hybridized carbons (Fsp3) is 0.400. The normalized spacial score (nSPS) is 23.9. The maximum atomic E-state index is 12.2. The predicted octanol–water partition coefficient (Wildman–Crippen LogP) is 1.92. The van der Waals surface area contributed by atoms with Crippen LogP contribution in [0.15, 0.2) is 24.5 Å². The van der Waals surface area contributed by atoms with Gasteiger partial charge in [-0.2, -0.15) is 0 Å².